The topological polar surface area (TPSA) is 72.1 Å². The van der Waals surface area contributed by atoms with Crippen LogP contribution in [-0.4, -0.2) is 37.7 Å². The molecule has 1 heterocycles. The summed E-state index contributed by atoms with van der Waals surface area (Å²) in [7, 11) is 0. The standard InChI is InChI=1S/C16H17FN4O/c17-15-3-1-14(2-4-15)16(21-5-7-22-8-6-21)12-20-11-13(9-18)10-19/h1-4,11,16,20H,5-8,12H2/t16-/m1/s1. The number of rotatable bonds is 5. The normalized spacial score (nSPS) is 16.1. The van der Waals surface area contributed by atoms with Gasteiger partial charge in [-0.25, -0.2) is 4.39 Å². The van der Waals surface area contributed by atoms with Gasteiger partial charge < -0.3 is 10.1 Å². The van der Waals surface area contributed by atoms with E-state index in [1.807, 2.05) is 0 Å². The van der Waals surface area contributed by atoms with Crippen LogP contribution in [0.3, 0.4) is 0 Å². The summed E-state index contributed by atoms with van der Waals surface area (Å²) >= 11 is 0. The van der Waals surface area contributed by atoms with Gasteiger partial charge in [-0.1, -0.05) is 12.1 Å². The third-order valence-electron chi connectivity index (χ3n) is 3.54. The number of nitriles is 2. The van der Waals surface area contributed by atoms with Gasteiger partial charge in [-0.3, -0.25) is 4.90 Å². The lowest BCUT2D eigenvalue weighted by molar-refractivity contribution is 0.0167. The quantitative estimate of drug-likeness (QED) is 0.838. The van der Waals surface area contributed by atoms with E-state index < -0.39 is 0 Å². The molecule has 5 nitrogen and oxygen atoms in total. The molecule has 0 bridgehead atoms. The van der Waals surface area contributed by atoms with Crippen molar-refractivity contribution in [3.63, 3.8) is 0 Å². The molecule has 1 aromatic rings. The largest absolute Gasteiger partial charge is 0.387 e. The minimum atomic E-state index is -0.270. The van der Waals surface area contributed by atoms with Crippen LogP contribution in [0, 0.1) is 28.5 Å². The van der Waals surface area contributed by atoms with Crippen molar-refractivity contribution in [3.8, 4) is 12.1 Å². The molecule has 22 heavy (non-hydrogen) atoms. The zero-order valence-electron chi connectivity index (χ0n) is 12.1. The van der Waals surface area contributed by atoms with Gasteiger partial charge >= 0.3 is 0 Å². The highest BCUT2D eigenvalue weighted by Gasteiger charge is 2.22. The maximum absolute atomic E-state index is 13.1. The molecule has 1 N–H and O–H groups in total. The van der Waals surface area contributed by atoms with Crippen LogP contribution >= 0.6 is 0 Å². The van der Waals surface area contributed by atoms with E-state index in [1.165, 1.54) is 18.3 Å². The van der Waals surface area contributed by atoms with Crippen LogP contribution in [0.5, 0.6) is 0 Å². The number of nitrogens with one attached hydrogen (secondary N) is 1. The van der Waals surface area contributed by atoms with E-state index in [2.05, 4.69) is 10.2 Å². The van der Waals surface area contributed by atoms with Crippen molar-refractivity contribution in [1.29, 1.82) is 10.5 Å². The maximum Gasteiger partial charge on any atom is 0.145 e. The Kier molecular flexibility index (Phi) is 5.91. The number of nitrogens with zero attached hydrogens (tertiary/aromatic N) is 3. The second kappa shape index (κ2) is 8.14. The Labute approximate surface area is 129 Å². The number of allylic oxidation sites excluding steroid dienone is 1. The van der Waals surface area contributed by atoms with Crippen LogP contribution in [-0.2, 0) is 4.74 Å². The summed E-state index contributed by atoms with van der Waals surface area (Å²) in [5.74, 6) is -0.270. The Morgan fingerprint density at radius 1 is 1.27 bits per heavy atom. The molecule has 1 fully saturated rings. The summed E-state index contributed by atoms with van der Waals surface area (Å²) in [6.07, 6.45) is 1.41. The number of morpholine rings is 1. The van der Waals surface area contributed by atoms with Crippen molar-refractivity contribution in [2.75, 3.05) is 32.8 Å². The minimum Gasteiger partial charge on any atom is -0.387 e. The number of benzene rings is 1. The van der Waals surface area contributed by atoms with Gasteiger partial charge in [0.1, 0.15) is 23.5 Å². The van der Waals surface area contributed by atoms with Crippen molar-refractivity contribution < 1.29 is 9.13 Å². The Bertz CT molecular complexity index is 578. The monoisotopic (exact) mass is 300 g/mol. The maximum atomic E-state index is 13.1. The van der Waals surface area contributed by atoms with Crippen molar-refractivity contribution in [2.24, 2.45) is 0 Å². The molecule has 0 unspecified atom stereocenters. The fourth-order valence-electron chi connectivity index (χ4n) is 2.39. The van der Waals surface area contributed by atoms with Gasteiger partial charge in [0, 0.05) is 25.8 Å². The average molecular weight is 300 g/mol. The zero-order chi connectivity index (χ0) is 15.8. The molecule has 0 aliphatic carbocycles. The Morgan fingerprint density at radius 2 is 1.91 bits per heavy atom. The minimum absolute atomic E-state index is 0.0272. The Hall–Kier alpha value is -2.41. The third-order valence-corrected chi connectivity index (χ3v) is 3.54. The first-order chi connectivity index (χ1) is 10.7. The van der Waals surface area contributed by atoms with Crippen LogP contribution in [0.4, 0.5) is 4.39 Å². The Balaban J connectivity index is 2.11. The van der Waals surface area contributed by atoms with Crippen molar-refractivity contribution >= 4 is 0 Å². The molecule has 2 rings (SSSR count). The lowest BCUT2D eigenvalue weighted by Crippen LogP contribution is -2.42. The zero-order valence-corrected chi connectivity index (χ0v) is 12.1. The van der Waals surface area contributed by atoms with Gasteiger partial charge in [0.15, 0.2) is 0 Å². The van der Waals surface area contributed by atoms with Gasteiger partial charge in [-0.15, -0.1) is 0 Å². The van der Waals surface area contributed by atoms with Crippen LogP contribution in [0.1, 0.15) is 11.6 Å². The highest BCUT2D eigenvalue weighted by molar-refractivity contribution is 5.34. The molecule has 1 saturated heterocycles. The van der Waals surface area contributed by atoms with Gasteiger partial charge in [-0.05, 0) is 17.7 Å². The molecule has 0 radical (unpaired) electrons. The summed E-state index contributed by atoms with van der Waals surface area (Å²) < 4.78 is 18.5. The van der Waals surface area contributed by atoms with Crippen molar-refractivity contribution in [2.45, 2.75) is 6.04 Å². The van der Waals surface area contributed by atoms with E-state index in [-0.39, 0.29) is 17.4 Å². The van der Waals surface area contributed by atoms with Crippen molar-refractivity contribution in [3.05, 3.63) is 47.4 Å². The molecule has 114 valence electrons. The second-order valence-electron chi connectivity index (χ2n) is 4.91. The van der Waals surface area contributed by atoms with E-state index in [9.17, 15) is 4.39 Å². The third kappa shape index (κ3) is 4.29. The van der Waals surface area contributed by atoms with Gasteiger partial charge in [0.05, 0.1) is 19.3 Å². The molecule has 1 aliphatic rings. The van der Waals surface area contributed by atoms with Crippen LogP contribution in [0.2, 0.25) is 0 Å². The number of ether oxygens (including phenoxy) is 1. The molecule has 0 saturated carbocycles. The first-order valence-corrected chi connectivity index (χ1v) is 7.05. The smallest absolute Gasteiger partial charge is 0.145 e. The highest BCUT2D eigenvalue weighted by Crippen LogP contribution is 2.21. The number of halogens is 1. The van der Waals surface area contributed by atoms with Crippen LogP contribution in [0.25, 0.3) is 0 Å². The van der Waals surface area contributed by atoms with Crippen LogP contribution < -0.4 is 5.32 Å². The molecule has 0 amide bonds. The summed E-state index contributed by atoms with van der Waals surface area (Å²) in [6.45, 7) is 3.43. The fourth-order valence-corrected chi connectivity index (χ4v) is 2.39. The molecule has 6 heteroatoms. The molecular weight excluding hydrogens is 283 g/mol. The number of hydrogen-bond acceptors (Lipinski definition) is 5. The second-order valence-corrected chi connectivity index (χ2v) is 4.91. The SMILES string of the molecule is N#CC(C#N)=CNC[C@H](c1ccc(F)cc1)N1CCOCC1. The molecular formula is C16H17FN4O. The summed E-state index contributed by atoms with van der Waals surface area (Å²) in [5, 5.41) is 20.5. The van der Waals surface area contributed by atoms with E-state index in [4.69, 9.17) is 15.3 Å². The summed E-state index contributed by atoms with van der Waals surface area (Å²) in [6, 6.07) is 10.0. The summed E-state index contributed by atoms with van der Waals surface area (Å²) in [5.41, 5.74) is 1.01. The molecule has 0 spiro atoms. The lowest BCUT2D eigenvalue weighted by atomic mass is 10.0. The van der Waals surface area contributed by atoms with E-state index in [1.54, 1.807) is 24.3 Å². The van der Waals surface area contributed by atoms with Crippen LogP contribution in [0.15, 0.2) is 36.0 Å². The Morgan fingerprint density at radius 3 is 2.50 bits per heavy atom. The first-order valence-electron chi connectivity index (χ1n) is 7.05. The average Bonchev–Trinajstić information content (AvgIpc) is 2.57. The summed E-state index contributed by atoms with van der Waals surface area (Å²) in [4.78, 5) is 2.25. The molecule has 1 atom stereocenters. The number of hydrogen-bond donors (Lipinski definition) is 1. The van der Waals surface area contributed by atoms with Gasteiger partial charge in [0.25, 0.3) is 0 Å². The first kappa shape index (κ1) is 16.0. The fraction of sp³-hybridized carbons (Fsp3) is 0.375. The van der Waals surface area contributed by atoms with E-state index >= 15 is 0 Å². The van der Waals surface area contributed by atoms with Gasteiger partial charge in [0.2, 0.25) is 0 Å². The lowest BCUT2D eigenvalue weighted by Gasteiger charge is -2.34. The predicted octanol–water partition coefficient (Wildman–Crippen LogP) is 1.72. The molecule has 1 aliphatic heterocycles. The van der Waals surface area contributed by atoms with Gasteiger partial charge in [-0.2, -0.15) is 10.5 Å². The van der Waals surface area contributed by atoms with E-state index in [0.29, 0.717) is 19.8 Å². The highest BCUT2D eigenvalue weighted by atomic mass is 19.1. The molecule has 1 aromatic carbocycles. The van der Waals surface area contributed by atoms with E-state index in [0.717, 1.165) is 18.7 Å². The van der Waals surface area contributed by atoms with Crippen molar-refractivity contribution in [1.82, 2.24) is 10.2 Å². The molecule has 0 aromatic heterocycles. The predicted molar refractivity (Wildman–Crippen MR) is 78.8 cm³/mol.